The van der Waals surface area contributed by atoms with Crippen molar-refractivity contribution in [3.05, 3.63) is 35.7 Å². The SMILES string of the molecule is CCOc1ccccc1Oc1nc(C)nc(NN)c1C. The van der Waals surface area contributed by atoms with E-state index in [0.717, 1.165) is 5.56 Å². The number of nitrogens with zero attached hydrogens (tertiary/aromatic N) is 2. The number of nitrogens with two attached hydrogens (primary N) is 1. The van der Waals surface area contributed by atoms with Gasteiger partial charge in [-0.1, -0.05) is 12.1 Å². The van der Waals surface area contributed by atoms with Crippen LogP contribution in [-0.4, -0.2) is 16.6 Å². The molecule has 3 N–H and O–H groups in total. The molecule has 6 heteroatoms. The van der Waals surface area contributed by atoms with Crippen LogP contribution >= 0.6 is 0 Å². The van der Waals surface area contributed by atoms with Gasteiger partial charge in [0.05, 0.1) is 12.2 Å². The summed E-state index contributed by atoms with van der Waals surface area (Å²) in [6, 6.07) is 7.45. The Balaban J connectivity index is 2.37. The number of nitrogens with one attached hydrogen (secondary N) is 1. The Labute approximate surface area is 117 Å². The normalized spacial score (nSPS) is 10.2. The van der Waals surface area contributed by atoms with Crippen LogP contribution in [0.3, 0.4) is 0 Å². The molecule has 0 radical (unpaired) electrons. The van der Waals surface area contributed by atoms with Crippen molar-refractivity contribution in [3.63, 3.8) is 0 Å². The molecule has 0 amide bonds. The lowest BCUT2D eigenvalue weighted by Crippen LogP contribution is -2.12. The average molecular weight is 274 g/mol. The fraction of sp³-hybridized carbons (Fsp3) is 0.286. The first-order valence-corrected chi connectivity index (χ1v) is 6.37. The number of benzene rings is 1. The van der Waals surface area contributed by atoms with Crippen LogP contribution in [0.15, 0.2) is 24.3 Å². The molecule has 0 aliphatic rings. The monoisotopic (exact) mass is 274 g/mol. The number of hydrogen-bond acceptors (Lipinski definition) is 6. The van der Waals surface area contributed by atoms with Crippen molar-refractivity contribution in [2.75, 3.05) is 12.0 Å². The molecule has 0 aliphatic heterocycles. The average Bonchev–Trinajstić information content (AvgIpc) is 2.44. The first-order chi connectivity index (χ1) is 9.65. The van der Waals surface area contributed by atoms with Gasteiger partial charge in [0.15, 0.2) is 11.5 Å². The first-order valence-electron chi connectivity index (χ1n) is 6.37. The van der Waals surface area contributed by atoms with Crippen molar-refractivity contribution in [1.29, 1.82) is 0 Å². The molecule has 2 aromatic rings. The van der Waals surface area contributed by atoms with E-state index in [9.17, 15) is 0 Å². The molecule has 0 unspecified atom stereocenters. The van der Waals surface area contributed by atoms with Crippen molar-refractivity contribution < 1.29 is 9.47 Å². The third-order valence-electron chi connectivity index (χ3n) is 2.71. The predicted octanol–water partition coefficient (Wildman–Crippen LogP) is 2.57. The number of aryl methyl sites for hydroxylation is 1. The predicted molar refractivity (Wildman–Crippen MR) is 77.0 cm³/mol. The molecule has 2 rings (SSSR count). The van der Waals surface area contributed by atoms with Crippen molar-refractivity contribution >= 4 is 5.82 Å². The summed E-state index contributed by atoms with van der Waals surface area (Å²) >= 11 is 0. The van der Waals surface area contributed by atoms with Crippen LogP contribution in [0.5, 0.6) is 17.4 Å². The Morgan fingerprint density at radius 3 is 2.50 bits per heavy atom. The van der Waals surface area contributed by atoms with Gasteiger partial charge in [-0.15, -0.1) is 0 Å². The maximum atomic E-state index is 5.84. The van der Waals surface area contributed by atoms with Gasteiger partial charge in [-0.3, -0.25) is 0 Å². The zero-order valence-electron chi connectivity index (χ0n) is 11.8. The number of rotatable bonds is 5. The Bertz CT molecular complexity index is 602. The van der Waals surface area contributed by atoms with Crippen LogP contribution in [0.4, 0.5) is 5.82 Å². The van der Waals surface area contributed by atoms with E-state index in [2.05, 4.69) is 15.4 Å². The summed E-state index contributed by atoms with van der Waals surface area (Å²) in [6.07, 6.45) is 0. The minimum Gasteiger partial charge on any atom is -0.490 e. The lowest BCUT2D eigenvalue weighted by atomic mass is 10.3. The molecule has 0 spiro atoms. The summed E-state index contributed by atoms with van der Waals surface area (Å²) in [5.41, 5.74) is 3.28. The molecule has 1 aromatic heterocycles. The van der Waals surface area contributed by atoms with Gasteiger partial charge in [-0.2, -0.15) is 4.98 Å². The Morgan fingerprint density at radius 2 is 1.85 bits per heavy atom. The Hall–Kier alpha value is -2.34. The van der Waals surface area contributed by atoms with Crippen LogP contribution in [0.2, 0.25) is 0 Å². The number of aromatic nitrogens is 2. The molecule has 0 saturated heterocycles. The summed E-state index contributed by atoms with van der Waals surface area (Å²) in [5.74, 6) is 8.30. The quantitative estimate of drug-likeness (QED) is 0.644. The lowest BCUT2D eigenvalue weighted by molar-refractivity contribution is 0.319. The maximum Gasteiger partial charge on any atom is 0.227 e. The van der Waals surface area contributed by atoms with Gasteiger partial charge in [0.1, 0.15) is 11.6 Å². The second-order valence-corrected chi connectivity index (χ2v) is 4.18. The Kier molecular flexibility index (Phi) is 4.37. The number of nitrogen functional groups attached to an aromatic ring is 1. The van der Waals surface area contributed by atoms with Crippen molar-refractivity contribution in [1.82, 2.24) is 9.97 Å². The van der Waals surface area contributed by atoms with E-state index in [-0.39, 0.29) is 0 Å². The summed E-state index contributed by atoms with van der Waals surface area (Å²) in [7, 11) is 0. The molecule has 106 valence electrons. The fourth-order valence-electron chi connectivity index (χ4n) is 1.76. The molecule has 0 fully saturated rings. The third-order valence-corrected chi connectivity index (χ3v) is 2.71. The van der Waals surface area contributed by atoms with E-state index in [4.69, 9.17) is 15.3 Å². The molecule has 6 nitrogen and oxygen atoms in total. The van der Waals surface area contributed by atoms with Crippen molar-refractivity contribution in [2.45, 2.75) is 20.8 Å². The summed E-state index contributed by atoms with van der Waals surface area (Å²) in [6.45, 7) is 6.11. The van der Waals surface area contributed by atoms with E-state index in [0.29, 0.717) is 35.6 Å². The van der Waals surface area contributed by atoms with Crippen molar-refractivity contribution in [2.24, 2.45) is 5.84 Å². The smallest absolute Gasteiger partial charge is 0.227 e. The highest BCUT2D eigenvalue weighted by Gasteiger charge is 2.12. The second kappa shape index (κ2) is 6.21. The maximum absolute atomic E-state index is 5.84. The highest BCUT2D eigenvalue weighted by Crippen LogP contribution is 2.33. The third kappa shape index (κ3) is 2.97. The highest BCUT2D eigenvalue weighted by molar-refractivity contribution is 5.50. The van der Waals surface area contributed by atoms with Crippen LogP contribution in [0, 0.1) is 13.8 Å². The minimum atomic E-state index is 0.456. The van der Waals surface area contributed by atoms with Gasteiger partial charge >= 0.3 is 0 Å². The number of hydrazine groups is 1. The molecular weight excluding hydrogens is 256 g/mol. The molecule has 20 heavy (non-hydrogen) atoms. The van der Waals surface area contributed by atoms with Gasteiger partial charge < -0.3 is 14.9 Å². The fourth-order valence-corrected chi connectivity index (χ4v) is 1.76. The van der Waals surface area contributed by atoms with Gasteiger partial charge in [-0.05, 0) is 32.9 Å². The van der Waals surface area contributed by atoms with Crippen LogP contribution < -0.4 is 20.7 Å². The van der Waals surface area contributed by atoms with E-state index in [1.807, 2.05) is 38.1 Å². The summed E-state index contributed by atoms with van der Waals surface area (Å²) in [5, 5.41) is 0. The number of anilines is 1. The van der Waals surface area contributed by atoms with Crippen molar-refractivity contribution in [3.8, 4) is 17.4 Å². The lowest BCUT2D eigenvalue weighted by Gasteiger charge is -2.14. The molecule has 0 aliphatic carbocycles. The number of hydrogen-bond donors (Lipinski definition) is 2. The van der Waals surface area contributed by atoms with Gasteiger partial charge in [0.25, 0.3) is 0 Å². The van der Waals surface area contributed by atoms with Gasteiger partial charge in [0.2, 0.25) is 5.88 Å². The largest absolute Gasteiger partial charge is 0.490 e. The molecule has 0 saturated carbocycles. The molecule has 0 atom stereocenters. The zero-order valence-corrected chi connectivity index (χ0v) is 11.8. The molecule has 1 heterocycles. The van der Waals surface area contributed by atoms with E-state index >= 15 is 0 Å². The van der Waals surface area contributed by atoms with Crippen LogP contribution in [-0.2, 0) is 0 Å². The van der Waals surface area contributed by atoms with Gasteiger partial charge in [-0.25, -0.2) is 10.8 Å². The summed E-state index contributed by atoms with van der Waals surface area (Å²) in [4.78, 5) is 8.49. The molecule has 1 aromatic carbocycles. The van der Waals surface area contributed by atoms with E-state index in [1.54, 1.807) is 6.92 Å². The number of ether oxygens (including phenoxy) is 2. The molecule has 0 bridgehead atoms. The van der Waals surface area contributed by atoms with E-state index < -0.39 is 0 Å². The molecular formula is C14H18N4O2. The van der Waals surface area contributed by atoms with Crippen LogP contribution in [0.1, 0.15) is 18.3 Å². The standard InChI is InChI=1S/C14H18N4O2/c1-4-19-11-7-5-6-8-12(11)20-14-9(2)13(18-15)16-10(3)17-14/h5-8H,4,15H2,1-3H3,(H,16,17,18). The summed E-state index contributed by atoms with van der Waals surface area (Å²) < 4.78 is 11.4. The van der Waals surface area contributed by atoms with E-state index in [1.165, 1.54) is 0 Å². The second-order valence-electron chi connectivity index (χ2n) is 4.18. The minimum absolute atomic E-state index is 0.456. The van der Waals surface area contributed by atoms with Crippen LogP contribution in [0.25, 0.3) is 0 Å². The topological polar surface area (TPSA) is 82.3 Å². The number of para-hydroxylation sites is 2. The first kappa shape index (κ1) is 14.1. The van der Waals surface area contributed by atoms with Gasteiger partial charge in [0, 0.05) is 0 Å². The highest BCUT2D eigenvalue weighted by atomic mass is 16.5. The zero-order chi connectivity index (χ0) is 14.5. The Morgan fingerprint density at radius 1 is 1.15 bits per heavy atom.